The fourth-order valence-corrected chi connectivity index (χ4v) is 1.46. The van der Waals surface area contributed by atoms with Crippen LogP contribution in [-0.2, 0) is 6.54 Å². The Morgan fingerprint density at radius 2 is 2.23 bits per heavy atom. The van der Waals surface area contributed by atoms with E-state index >= 15 is 0 Å². The Balaban J connectivity index is 2.19. The van der Waals surface area contributed by atoms with Gasteiger partial charge in [0.2, 0.25) is 0 Å². The summed E-state index contributed by atoms with van der Waals surface area (Å²) in [6, 6.07) is 0.560. The third-order valence-corrected chi connectivity index (χ3v) is 2.00. The molecular weight excluding hydrogens is 162 g/mol. The van der Waals surface area contributed by atoms with Gasteiger partial charge in [0, 0.05) is 18.4 Å². The molecule has 0 bridgehead atoms. The molecule has 0 amide bonds. The van der Waals surface area contributed by atoms with Crippen molar-refractivity contribution < 1.29 is 0 Å². The number of aromatic nitrogens is 2. The van der Waals surface area contributed by atoms with Crippen molar-refractivity contribution in [3.63, 3.8) is 0 Å². The van der Waals surface area contributed by atoms with E-state index in [4.69, 9.17) is 0 Å². The molecule has 0 spiro atoms. The molecule has 13 heavy (non-hydrogen) atoms. The lowest BCUT2D eigenvalue weighted by atomic mass is 10.1. The minimum absolute atomic E-state index is 0.560. The van der Waals surface area contributed by atoms with Crippen LogP contribution in [0.15, 0.2) is 12.4 Å². The largest absolute Gasteiger partial charge is 0.348 e. The number of imidazole rings is 1. The predicted molar refractivity (Wildman–Crippen MR) is 54.3 cm³/mol. The van der Waals surface area contributed by atoms with Gasteiger partial charge in [-0.1, -0.05) is 13.8 Å². The minimum Gasteiger partial charge on any atom is -0.348 e. The Morgan fingerprint density at radius 1 is 1.46 bits per heavy atom. The average molecular weight is 181 g/mol. The number of nitrogens with one attached hydrogen (secondary N) is 2. The van der Waals surface area contributed by atoms with Gasteiger partial charge in [-0.15, -0.1) is 0 Å². The Morgan fingerprint density at radius 3 is 2.77 bits per heavy atom. The number of H-pyrrole nitrogens is 1. The van der Waals surface area contributed by atoms with Crippen molar-refractivity contribution >= 4 is 0 Å². The summed E-state index contributed by atoms with van der Waals surface area (Å²) in [4.78, 5) is 7.22. The van der Waals surface area contributed by atoms with Crippen LogP contribution in [0.5, 0.6) is 0 Å². The van der Waals surface area contributed by atoms with E-state index < -0.39 is 0 Å². The summed E-state index contributed by atoms with van der Waals surface area (Å²) in [5, 5.41) is 3.42. The molecule has 0 radical (unpaired) electrons. The molecule has 1 rings (SSSR count). The topological polar surface area (TPSA) is 40.7 Å². The molecule has 0 aliphatic carbocycles. The first-order valence-corrected chi connectivity index (χ1v) is 4.90. The average Bonchev–Trinajstić information content (AvgIpc) is 2.51. The quantitative estimate of drug-likeness (QED) is 0.728. The third kappa shape index (κ3) is 4.08. The summed E-state index contributed by atoms with van der Waals surface area (Å²) in [6.45, 7) is 7.53. The summed E-state index contributed by atoms with van der Waals surface area (Å²) >= 11 is 0. The highest BCUT2D eigenvalue weighted by atomic mass is 15.0. The van der Waals surface area contributed by atoms with Gasteiger partial charge in [-0.2, -0.15) is 0 Å². The molecule has 1 aromatic heterocycles. The lowest BCUT2D eigenvalue weighted by Crippen LogP contribution is -2.27. The second-order valence-electron chi connectivity index (χ2n) is 3.95. The Hall–Kier alpha value is -0.830. The van der Waals surface area contributed by atoms with E-state index in [9.17, 15) is 0 Å². The van der Waals surface area contributed by atoms with Crippen molar-refractivity contribution in [2.24, 2.45) is 5.92 Å². The van der Waals surface area contributed by atoms with Crippen molar-refractivity contribution in [3.8, 4) is 0 Å². The first-order valence-electron chi connectivity index (χ1n) is 4.90. The van der Waals surface area contributed by atoms with Crippen LogP contribution in [0.4, 0.5) is 0 Å². The van der Waals surface area contributed by atoms with E-state index in [0.717, 1.165) is 18.3 Å². The molecule has 0 fully saturated rings. The van der Waals surface area contributed by atoms with Gasteiger partial charge in [0.15, 0.2) is 0 Å². The predicted octanol–water partition coefficient (Wildman–Crippen LogP) is 1.93. The molecule has 0 aliphatic heterocycles. The zero-order valence-electron chi connectivity index (χ0n) is 8.67. The van der Waals surface area contributed by atoms with E-state index in [1.54, 1.807) is 6.20 Å². The summed E-state index contributed by atoms with van der Waals surface area (Å²) < 4.78 is 0. The van der Waals surface area contributed by atoms with E-state index in [1.165, 1.54) is 6.42 Å². The standard InChI is InChI=1S/C10H19N3/c1-8(2)6-9(3)13-7-10-11-4-5-12-10/h4-5,8-9,13H,6-7H2,1-3H3,(H,11,12)/t9-/m0/s1. The van der Waals surface area contributed by atoms with E-state index in [0.29, 0.717) is 6.04 Å². The zero-order chi connectivity index (χ0) is 9.68. The molecule has 1 heterocycles. The Bertz CT molecular complexity index is 216. The minimum atomic E-state index is 0.560. The van der Waals surface area contributed by atoms with E-state index in [2.05, 4.69) is 36.1 Å². The summed E-state index contributed by atoms with van der Waals surface area (Å²) in [5.74, 6) is 1.76. The molecule has 0 aliphatic rings. The molecule has 0 unspecified atom stereocenters. The monoisotopic (exact) mass is 181 g/mol. The van der Waals surface area contributed by atoms with Crippen LogP contribution >= 0.6 is 0 Å². The van der Waals surface area contributed by atoms with Crippen molar-refractivity contribution in [2.45, 2.75) is 39.8 Å². The van der Waals surface area contributed by atoms with Crippen molar-refractivity contribution in [3.05, 3.63) is 18.2 Å². The van der Waals surface area contributed by atoms with Crippen LogP contribution < -0.4 is 5.32 Å². The smallest absolute Gasteiger partial charge is 0.120 e. The highest BCUT2D eigenvalue weighted by Gasteiger charge is 2.04. The molecule has 1 aromatic rings. The normalized spacial score (nSPS) is 13.5. The number of nitrogens with zero attached hydrogens (tertiary/aromatic N) is 1. The van der Waals surface area contributed by atoms with Gasteiger partial charge in [-0.3, -0.25) is 0 Å². The van der Waals surface area contributed by atoms with Gasteiger partial charge < -0.3 is 10.3 Å². The molecule has 3 nitrogen and oxygen atoms in total. The van der Waals surface area contributed by atoms with Crippen molar-refractivity contribution in [2.75, 3.05) is 0 Å². The van der Waals surface area contributed by atoms with Gasteiger partial charge in [0.25, 0.3) is 0 Å². The summed E-state index contributed by atoms with van der Waals surface area (Å²) in [6.07, 6.45) is 4.84. The van der Waals surface area contributed by atoms with Crippen LogP contribution in [0.25, 0.3) is 0 Å². The first-order chi connectivity index (χ1) is 6.18. The van der Waals surface area contributed by atoms with Gasteiger partial charge >= 0.3 is 0 Å². The SMILES string of the molecule is CC(C)C[C@H](C)NCc1ncc[nH]1. The fourth-order valence-electron chi connectivity index (χ4n) is 1.46. The van der Waals surface area contributed by atoms with Crippen LogP contribution in [0.3, 0.4) is 0 Å². The van der Waals surface area contributed by atoms with Crippen LogP contribution in [0, 0.1) is 5.92 Å². The van der Waals surface area contributed by atoms with Crippen molar-refractivity contribution in [1.82, 2.24) is 15.3 Å². The molecule has 3 heteroatoms. The van der Waals surface area contributed by atoms with Crippen molar-refractivity contribution in [1.29, 1.82) is 0 Å². The Labute approximate surface area is 80.0 Å². The lowest BCUT2D eigenvalue weighted by Gasteiger charge is -2.14. The summed E-state index contributed by atoms with van der Waals surface area (Å²) in [5.41, 5.74) is 0. The number of hydrogen-bond acceptors (Lipinski definition) is 2. The zero-order valence-corrected chi connectivity index (χ0v) is 8.67. The maximum atomic E-state index is 4.15. The fraction of sp³-hybridized carbons (Fsp3) is 0.700. The molecule has 0 aromatic carbocycles. The van der Waals surface area contributed by atoms with E-state index in [1.807, 2.05) is 6.20 Å². The molecule has 1 atom stereocenters. The number of aromatic amines is 1. The molecule has 2 N–H and O–H groups in total. The maximum absolute atomic E-state index is 4.15. The molecule has 74 valence electrons. The second kappa shape index (κ2) is 5.02. The third-order valence-electron chi connectivity index (χ3n) is 2.00. The highest BCUT2D eigenvalue weighted by Crippen LogP contribution is 2.03. The van der Waals surface area contributed by atoms with Gasteiger partial charge in [-0.25, -0.2) is 4.98 Å². The van der Waals surface area contributed by atoms with Crippen LogP contribution in [0.2, 0.25) is 0 Å². The number of hydrogen-bond donors (Lipinski definition) is 2. The van der Waals surface area contributed by atoms with E-state index in [-0.39, 0.29) is 0 Å². The van der Waals surface area contributed by atoms with Gasteiger partial charge in [0.05, 0.1) is 6.54 Å². The molecular formula is C10H19N3. The van der Waals surface area contributed by atoms with Gasteiger partial charge in [-0.05, 0) is 19.3 Å². The number of rotatable bonds is 5. The first kappa shape index (κ1) is 10.3. The second-order valence-corrected chi connectivity index (χ2v) is 3.95. The molecule has 0 saturated heterocycles. The lowest BCUT2D eigenvalue weighted by molar-refractivity contribution is 0.437. The maximum Gasteiger partial charge on any atom is 0.120 e. The van der Waals surface area contributed by atoms with Crippen LogP contribution in [0.1, 0.15) is 33.0 Å². The Kier molecular flexibility index (Phi) is 3.96. The molecule has 0 saturated carbocycles. The van der Waals surface area contributed by atoms with Crippen LogP contribution in [-0.4, -0.2) is 16.0 Å². The highest BCUT2D eigenvalue weighted by molar-refractivity contribution is 4.86. The summed E-state index contributed by atoms with van der Waals surface area (Å²) in [7, 11) is 0. The van der Waals surface area contributed by atoms with Gasteiger partial charge in [0.1, 0.15) is 5.82 Å².